The van der Waals surface area contributed by atoms with Crippen LogP contribution >= 0.6 is 0 Å². The number of hydrogen-bond acceptors (Lipinski definition) is 4. The molecule has 0 unspecified atom stereocenters. The number of methoxy groups -OCH3 is 1. The van der Waals surface area contributed by atoms with Gasteiger partial charge < -0.3 is 15.4 Å². The average Bonchev–Trinajstić information content (AvgIpc) is 2.72. The minimum Gasteiger partial charge on any atom is -0.467 e. The first-order chi connectivity index (χ1) is 13.5. The summed E-state index contributed by atoms with van der Waals surface area (Å²) >= 11 is 0. The largest absolute Gasteiger partial charge is 0.467 e. The van der Waals surface area contributed by atoms with E-state index in [2.05, 4.69) is 10.6 Å². The highest BCUT2D eigenvalue weighted by Gasteiger charge is 2.41. The van der Waals surface area contributed by atoms with Crippen LogP contribution < -0.4 is 10.6 Å². The summed E-state index contributed by atoms with van der Waals surface area (Å²) in [7, 11) is 1.33. The van der Waals surface area contributed by atoms with E-state index >= 15 is 0 Å². The summed E-state index contributed by atoms with van der Waals surface area (Å²) in [5.41, 5.74) is -0.0564. The van der Waals surface area contributed by atoms with E-state index < -0.39 is 11.5 Å². The number of carbonyl (C=O) groups excluding carboxylic acids is 3. The molecule has 0 spiro atoms. The van der Waals surface area contributed by atoms with E-state index in [9.17, 15) is 14.4 Å². The van der Waals surface area contributed by atoms with Gasteiger partial charge in [-0.2, -0.15) is 0 Å². The van der Waals surface area contributed by atoms with Crippen molar-refractivity contribution < 1.29 is 19.1 Å². The number of nitrogens with one attached hydrogen (secondary N) is 2. The van der Waals surface area contributed by atoms with E-state index in [0.29, 0.717) is 12.8 Å². The van der Waals surface area contributed by atoms with Crippen molar-refractivity contribution in [1.82, 2.24) is 10.6 Å². The molecule has 0 heterocycles. The molecule has 28 heavy (non-hydrogen) atoms. The molecule has 1 aliphatic carbocycles. The molecule has 1 fully saturated rings. The molecule has 6 heteroatoms. The van der Waals surface area contributed by atoms with E-state index in [1.807, 2.05) is 42.5 Å². The fraction of sp³-hybridized carbons (Fsp3) is 0.409. The fourth-order valence-corrected chi connectivity index (χ4v) is 3.90. The van der Waals surface area contributed by atoms with Gasteiger partial charge in [-0.3, -0.25) is 9.59 Å². The van der Waals surface area contributed by atoms with Crippen LogP contribution in [-0.4, -0.2) is 37.0 Å². The van der Waals surface area contributed by atoms with E-state index in [4.69, 9.17) is 4.74 Å². The Balaban J connectivity index is 1.58. The molecule has 2 N–H and O–H groups in total. The molecule has 0 radical (unpaired) electrons. The standard InChI is InChI=1S/C22H26N2O4/c1-28-21(27)22(12-5-2-6-13-22)24-20(26)15-23-19(25)14-17-10-7-9-16-8-3-4-11-18(16)17/h3-4,7-11H,2,5-6,12-15H2,1H3,(H,23,25)(H,24,26). The van der Waals surface area contributed by atoms with Crippen LogP contribution in [0.15, 0.2) is 42.5 Å². The third-order valence-corrected chi connectivity index (χ3v) is 5.34. The molecule has 2 aromatic carbocycles. The Labute approximate surface area is 164 Å². The van der Waals surface area contributed by atoms with Crippen molar-refractivity contribution in [1.29, 1.82) is 0 Å². The molecule has 0 aromatic heterocycles. The topological polar surface area (TPSA) is 84.5 Å². The van der Waals surface area contributed by atoms with Gasteiger partial charge in [-0.25, -0.2) is 4.79 Å². The molecule has 2 aromatic rings. The minimum absolute atomic E-state index is 0.164. The van der Waals surface area contributed by atoms with Gasteiger partial charge >= 0.3 is 5.97 Å². The number of rotatable bonds is 6. The van der Waals surface area contributed by atoms with E-state index in [-0.39, 0.29) is 24.8 Å². The SMILES string of the molecule is COC(=O)C1(NC(=O)CNC(=O)Cc2cccc3ccccc23)CCCCC1. The Bertz CT molecular complexity index is 866. The maximum atomic E-state index is 12.4. The lowest BCUT2D eigenvalue weighted by atomic mass is 9.81. The van der Waals surface area contributed by atoms with Gasteiger partial charge in [0.2, 0.25) is 11.8 Å². The number of amides is 2. The highest BCUT2D eigenvalue weighted by molar-refractivity contribution is 5.93. The Morgan fingerprint density at radius 1 is 0.964 bits per heavy atom. The number of esters is 1. The van der Waals surface area contributed by atoms with Crippen LogP contribution in [-0.2, 0) is 25.5 Å². The molecule has 0 bridgehead atoms. The summed E-state index contributed by atoms with van der Waals surface area (Å²) in [6.45, 7) is -0.164. The molecular formula is C22H26N2O4. The zero-order chi connectivity index (χ0) is 20.0. The molecule has 3 rings (SSSR count). The van der Waals surface area contributed by atoms with Crippen molar-refractivity contribution in [3.8, 4) is 0 Å². The van der Waals surface area contributed by atoms with Crippen LogP contribution in [0, 0.1) is 0 Å². The predicted octanol–water partition coefficient (Wildman–Crippen LogP) is 2.49. The molecule has 1 saturated carbocycles. The second-order valence-corrected chi connectivity index (χ2v) is 7.27. The van der Waals surface area contributed by atoms with Gasteiger partial charge in [-0.05, 0) is 29.2 Å². The van der Waals surface area contributed by atoms with Gasteiger partial charge in [0.1, 0.15) is 5.54 Å². The lowest BCUT2D eigenvalue weighted by molar-refractivity contribution is -0.152. The predicted molar refractivity (Wildman–Crippen MR) is 107 cm³/mol. The summed E-state index contributed by atoms with van der Waals surface area (Å²) in [5.74, 6) is -1.02. The smallest absolute Gasteiger partial charge is 0.331 e. The van der Waals surface area contributed by atoms with Gasteiger partial charge in [0.15, 0.2) is 0 Å². The van der Waals surface area contributed by atoms with Crippen LogP contribution in [0.2, 0.25) is 0 Å². The zero-order valence-electron chi connectivity index (χ0n) is 16.1. The summed E-state index contributed by atoms with van der Waals surface area (Å²) < 4.78 is 4.90. The van der Waals surface area contributed by atoms with Crippen molar-refractivity contribution in [3.05, 3.63) is 48.0 Å². The quantitative estimate of drug-likeness (QED) is 0.752. The Morgan fingerprint density at radius 2 is 1.68 bits per heavy atom. The molecule has 0 saturated heterocycles. The summed E-state index contributed by atoms with van der Waals surface area (Å²) in [6, 6.07) is 13.7. The minimum atomic E-state index is -0.968. The maximum absolute atomic E-state index is 12.4. The number of carbonyl (C=O) groups is 3. The van der Waals surface area contributed by atoms with Gasteiger partial charge in [0.25, 0.3) is 0 Å². The highest BCUT2D eigenvalue weighted by atomic mass is 16.5. The molecule has 148 valence electrons. The van der Waals surface area contributed by atoms with E-state index in [1.54, 1.807) is 0 Å². The average molecular weight is 382 g/mol. The number of benzene rings is 2. The van der Waals surface area contributed by atoms with Crippen molar-refractivity contribution in [2.45, 2.75) is 44.1 Å². The van der Waals surface area contributed by atoms with Gasteiger partial charge in [-0.1, -0.05) is 61.7 Å². The third kappa shape index (κ3) is 4.50. The van der Waals surface area contributed by atoms with Crippen LogP contribution in [0.3, 0.4) is 0 Å². The first-order valence-corrected chi connectivity index (χ1v) is 9.67. The Kier molecular flexibility index (Phi) is 6.29. The van der Waals surface area contributed by atoms with Crippen molar-refractivity contribution in [2.24, 2.45) is 0 Å². The summed E-state index contributed by atoms with van der Waals surface area (Å²) in [5, 5.41) is 7.56. The molecule has 2 amide bonds. The molecule has 6 nitrogen and oxygen atoms in total. The van der Waals surface area contributed by atoms with Crippen molar-refractivity contribution in [2.75, 3.05) is 13.7 Å². The number of fused-ring (bicyclic) bond motifs is 1. The first kappa shape index (κ1) is 19.9. The van der Waals surface area contributed by atoms with Crippen molar-refractivity contribution >= 4 is 28.6 Å². The molecule has 0 atom stereocenters. The van der Waals surface area contributed by atoms with Crippen LogP contribution in [0.25, 0.3) is 10.8 Å². The molecule has 1 aliphatic rings. The number of ether oxygens (including phenoxy) is 1. The van der Waals surface area contributed by atoms with Crippen LogP contribution in [0.1, 0.15) is 37.7 Å². The zero-order valence-corrected chi connectivity index (χ0v) is 16.1. The van der Waals surface area contributed by atoms with Crippen molar-refractivity contribution in [3.63, 3.8) is 0 Å². The summed E-state index contributed by atoms with van der Waals surface area (Å²) in [6.07, 6.45) is 4.09. The molecule has 0 aliphatic heterocycles. The van der Waals surface area contributed by atoms with Gasteiger partial charge in [0, 0.05) is 0 Å². The second-order valence-electron chi connectivity index (χ2n) is 7.27. The van der Waals surface area contributed by atoms with Crippen LogP contribution in [0.4, 0.5) is 0 Å². The van der Waals surface area contributed by atoms with Gasteiger partial charge in [0.05, 0.1) is 20.1 Å². The lowest BCUT2D eigenvalue weighted by Gasteiger charge is -2.35. The van der Waals surface area contributed by atoms with Crippen LogP contribution in [0.5, 0.6) is 0 Å². The monoisotopic (exact) mass is 382 g/mol. The molecular weight excluding hydrogens is 356 g/mol. The Hall–Kier alpha value is -2.89. The first-order valence-electron chi connectivity index (χ1n) is 9.67. The second kappa shape index (κ2) is 8.87. The lowest BCUT2D eigenvalue weighted by Crippen LogP contribution is -2.57. The third-order valence-electron chi connectivity index (χ3n) is 5.34. The highest BCUT2D eigenvalue weighted by Crippen LogP contribution is 2.29. The number of hydrogen-bond donors (Lipinski definition) is 2. The van der Waals surface area contributed by atoms with E-state index in [1.165, 1.54) is 7.11 Å². The maximum Gasteiger partial charge on any atom is 0.331 e. The van der Waals surface area contributed by atoms with Gasteiger partial charge in [-0.15, -0.1) is 0 Å². The van der Waals surface area contributed by atoms with E-state index in [0.717, 1.165) is 35.6 Å². The fourth-order valence-electron chi connectivity index (χ4n) is 3.90. The Morgan fingerprint density at radius 3 is 2.43 bits per heavy atom. The summed E-state index contributed by atoms with van der Waals surface area (Å²) in [4.78, 5) is 36.9. The normalized spacial score (nSPS) is 15.6.